The van der Waals surface area contributed by atoms with Crippen LogP contribution in [0.1, 0.15) is 22.5 Å². The molecule has 2 aromatic carbocycles. The largest absolute Gasteiger partial charge is 0.321 e. The molecule has 0 atom stereocenters. The lowest BCUT2D eigenvalue weighted by Gasteiger charge is -2.06. The van der Waals surface area contributed by atoms with E-state index in [1.54, 1.807) is 35.0 Å². The quantitative estimate of drug-likeness (QED) is 0.626. The van der Waals surface area contributed by atoms with Crippen LogP contribution >= 0.6 is 11.6 Å². The van der Waals surface area contributed by atoms with E-state index in [2.05, 4.69) is 10.4 Å². The van der Waals surface area contributed by atoms with E-state index in [4.69, 9.17) is 11.6 Å². The molecule has 1 aromatic heterocycles. The molecule has 0 spiro atoms. The molecule has 0 saturated carbocycles. The van der Waals surface area contributed by atoms with Gasteiger partial charge >= 0.3 is 0 Å². The zero-order chi connectivity index (χ0) is 19.6. The van der Waals surface area contributed by atoms with Gasteiger partial charge in [-0.15, -0.1) is 0 Å². The number of anilines is 1. The first-order valence-electron chi connectivity index (χ1n) is 8.42. The van der Waals surface area contributed by atoms with Crippen LogP contribution in [0.3, 0.4) is 0 Å². The first-order chi connectivity index (χ1) is 12.8. The summed E-state index contributed by atoms with van der Waals surface area (Å²) in [6, 6.07) is 11.5. The number of hydrogen-bond acceptors (Lipinski definition) is 2. The molecule has 138 valence electrons. The van der Waals surface area contributed by atoms with Crippen molar-refractivity contribution >= 4 is 29.3 Å². The van der Waals surface area contributed by atoms with Crippen molar-refractivity contribution in [2.75, 3.05) is 5.32 Å². The number of hydrogen-bond donors (Lipinski definition) is 1. The summed E-state index contributed by atoms with van der Waals surface area (Å²) < 4.78 is 14.9. The minimum absolute atomic E-state index is 0.283. The molecule has 3 aromatic rings. The summed E-state index contributed by atoms with van der Waals surface area (Å²) in [5, 5.41) is 7.74. The molecule has 0 aliphatic carbocycles. The number of benzene rings is 2. The molecule has 0 bridgehead atoms. The van der Waals surface area contributed by atoms with Crippen molar-refractivity contribution in [2.24, 2.45) is 0 Å². The molecule has 0 saturated heterocycles. The van der Waals surface area contributed by atoms with E-state index < -0.39 is 0 Å². The van der Waals surface area contributed by atoms with Crippen LogP contribution in [0.2, 0.25) is 5.02 Å². The molecule has 6 heteroatoms. The Morgan fingerprint density at radius 1 is 1.15 bits per heavy atom. The number of rotatable bonds is 4. The average Bonchev–Trinajstić information content (AvgIpc) is 2.90. The zero-order valence-corrected chi connectivity index (χ0v) is 16.0. The van der Waals surface area contributed by atoms with Crippen LogP contribution in [0.5, 0.6) is 0 Å². The Kier molecular flexibility index (Phi) is 5.42. The zero-order valence-electron chi connectivity index (χ0n) is 15.3. The number of aromatic nitrogens is 2. The summed E-state index contributed by atoms with van der Waals surface area (Å²) in [6.45, 7) is 5.70. The van der Waals surface area contributed by atoms with Crippen LogP contribution < -0.4 is 5.32 Å². The van der Waals surface area contributed by atoms with Gasteiger partial charge in [0.15, 0.2) is 0 Å². The van der Waals surface area contributed by atoms with E-state index in [1.807, 2.05) is 26.8 Å². The van der Waals surface area contributed by atoms with E-state index in [0.29, 0.717) is 10.7 Å². The van der Waals surface area contributed by atoms with Crippen LogP contribution in [0.4, 0.5) is 10.1 Å². The lowest BCUT2D eigenvalue weighted by atomic mass is 10.1. The SMILES string of the molecule is Cc1ccc(NC(=O)/C=C/c2c(C)nn(-c3ccc(F)cc3)c2C)c(Cl)c1. The number of nitrogens with one attached hydrogen (secondary N) is 1. The highest BCUT2D eigenvalue weighted by Gasteiger charge is 2.11. The molecule has 0 aliphatic rings. The van der Waals surface area contributed by atoms with Gasteiger partial charge in [-0.1, -0.05) is 17.7 Å². The highest BCUT2D eigenvalue weighted by atomic mass is 35.5. The van der Waals surface area contributed by atoms with E-state index in [9.17, 15) is 9.18 Å². The van der Waals surface area contributed by atoms with E-state index in [0.717, 1.165) is 28.2 Å². The molecule has 0 unspecified atom stereocenters. The molecule has 27 heavy (non-hydrogen) atoms. The summed E-state index contributed by atoms with van der Waals surface area (Å²) >= 11 is 6.14. The summed E-state index contributed by atoms with van der Waals surface area (Å²) in [5.41, 5.74) is 4.81. The minimum Gasteiger partial charge on any atom is -0.321 e. The van der Waals surface area contributed by atoms with Crippen molar-refractivity contribution in [1.82, 2.24) is 9.78 Å². The second kappa shape index (κ2) is 7.76. The van der Waals surface area contributed by atoms with Crippen LogP contribution in [-0.2, 0) is 4.79 Å². The van der Waals surface area contributed by atoms with E-state index >= 15 is 0 Å². The van der Waals surface area contributed by atoms with Crippen molar-refractivity contribution in [1.29, 1.82) is 0 Å². The van der Waals surface area contributed by atoms with Gasteiger partial charge in [-0.25, -0.2) is 9.07 Å². The van der Waals surface area contributed by atoms with Gasteiger partial charge in [-0.05, 0) is 68.8 Å². The van der Waals surface area contributed by atoms with Gasteiger partial charge in [-0.2, -0.15) is 5.10 Å². The molecule has 1 N–H and O–H groups in total. The van der Waals surface area contributed by atoms with Gasteiger partial charge < -0.3 is 5.32 Å². The lowest BCUT2D eigenvalue weighted by molar-refractivity contribution is -0.111. The van der Waals surface area contributed by atoms with Crippen LogP contribution in [0.25, 0.3) is 11.8 Å². The number of amides is 1. The number of halogens is 2. The fraction of sp³-hybridized carbons (Fsp3) is 0.143. The average molecular weight is 384 g/mol. The van der Waals surface area contributed by atoms with Crippen molar-refractivity contribution in [3.8, 4) is 5.69 Å². The Labute approximate surface area is 162 Å². The van der Waals surface area contributed by atoms with Gasteiger partial charge in [-0.3, -0.25) is 4.79 Å². The van der Waals surface area contributed by atoms with Crippen molar-refractivity contribution in [2.45, 2.75) is 20.8 Å². The first-order valence-corrected chi connectivity index (χ1v) is 8.80. The highest BCUT2D eigenvalue weighted by molar-refractivity contribution is 6.33. The lowest BCUT2D eigenvalue weighted by Crippen LogP contribution is -2.08. The molecule has 3 rings (SSSR count). The summed E-state index contributed by atoms with van der Waals surface area (Å²) in [5.74, 6) is -0.582. The Bertz CT molecular complexity index is 1020. The van der Waals surface area contributed by atoms with Crippen LogP contribution in [0, 0.1) is 26.6 Å². The van der Waals surface area contributed by atoms with Gasteiger partial charge in [0.25, 0.3) is 0 Å². The molecule has 1 heterocycles. The molecule has 0 fully saturated rings. The fourth-order valence-electron chi connectivity index (χ4n) is 2.78. The van der Waals surface area contributed by atoms with E-state index in [-0.39, 0.29) is 11.7 Å². The normalized spacial score (nSPS) is 11.1. The maximum Gasteiger partial charge on any atom is 0.248 e. The summed E-state index contributed by atoms with van der Waals surface area (Å²) in [6.07, 6.45) is 3.16. The minimum atomic E-state index is -0.299. The topological polar surface area (TPSA) is 46.9 Å². The monoisotopic (exact) mass is 383 g/mol. The van der Waals surface area contributed by atoms with Crippen LogP contribution in [0.15, 0.2) is 48.5 Å². The van der Waals surface area contributed by atoms with Gasteiger partial charge in [0.1, 0.15) is 5.82 Å². The maximum absolute atomic E-state index is 13.1. The summed E-state index contributed by atoms with van der Waals surface area (Å²) in [7, 11) is 0. The molecule has 1 amide bonds. The number of aryl methyl sites for hydroxylation is 2. The smallest absolute Gasteiger partial charge is 0.248 e. The molecule has 0 radical (unpaired) electrons. The second-order valence-electron chi connectivity index (χ2n) is 6.28. The third kappa shape index (κ3) is 4.26. The standard InChI is InChI=1S/C21H19ClFN3O/c1-13-4-10-20(19(22)12-13)24-21(27)11-9-18-14(2)25-26(15(18)3)17-7-5-16(23)6-8-17/h4-12H,1-3H3,(H,24,27)/b11-9+. The third-order valence-corrected chi connectivity index (χ3v) is 4.52. The number of carbonyl (C=O) groups excluding carboxylic acids is 1. The highest BCUT2D eigenvalue weighted by Crippen LogP contribution is 2.23. The van der Waals surface area contributed by atoms with Gasteiger partial charge in [0.2, 0.25) is 5.91 Å². The fourth-order valence-corrected chi connectivity index (χ4v) is 3.07. The van der Waals surface area contributed by atoms with Crippen molar-refractivity contribution in [3.05, 3.63) is 81.9 Å². The van der Waals surface area contributed by atoms with E-state index in [1.165, 1.54) is 18.2 Å². The Hall–Kier alpha value is -2.92. The van der Waals surface area contributed by atoms with Gasteiger partial charge in [0.05, 0.1) is 22.1 Å². The first kappa shape index (κ1) is 18.9. The Morgan fingerprint density at radius 2 is 1.85 bits per heavy atom. The van der Waals surface area contributed by atoms with Crippen molar-refractivity contribution in [3.63, 3.8) is 0 Å². The third-order valence-electron chi connectivity index (χ3n) is 4.20. The Morgan fingerprint density at radius 3 is 2.52 bits per heavy atom. The molecule has 4 nitrogen and oxygen atoms in total. The predicted molar refractivity (Wildman–Crippen MR) is 107 cm³/mol. The second-order valence-corrected chi connectivity index (χ2v) is 6.69. The molecular formula is C21H19ClFN3O. The van der Waals surface area contributed by atoms with Crippen LogP contribution in [-0.4, -0.2) is 15.7 Å². The summed E-state index contributed by atoms with van der Waals surface area (Å²) in [4.78, 5) is 12.2. The predicted octanol–water partition coefficient (Wildman–Crippen LogP) is 5.24. The van der Waals surface area contributed by atoms with Crippen molar-refractivity contribution < 1.29 is 9.18 Å². The Balaban J connectivity index is 1.80. The molecular weight excluding hydrogens is 365 g/mol. The maximum atomic E-state index is 13.1. The molecule has 0 aliphatic heterocycles. The number of carbonyl (C=O) groups is 1. The van der Waals surface area contributed by atoms with Gasteiger partial charge in [0, 0.05) is 17.3 Å². The number of nitrogens with zero attached hydrogens (tertiary/aromatic N) is 2.